The minimum absolute atomic E-state index is 0.0727. The normalized spacial score (nSPS) is 15.4. The smallest absolute Gasteiger partial charge is 0.357 e. The van der Waals surface area contributed by atoms with Gasteiger partial charge in [-0.1, -0.05) is 5.10 Å². The minimum atomic E-state index is -3.63. The minimum Gasteiger partial charge on any atom is -0.379 e. The Morgan fingerprint density at radius 3 is 2.48 bits per heavy atom. The number of nitro groups is 1. The molecule has 13 heteroatoms. The van der Waals surface area contributed by atoms with Crippen molar-refractivity contribution in [1.82, 2.24) is 14.5 Å². The molecule has 1 aromatic heterocycles. The first-order chi connectivity index (χ1) is 12.8. The van der Waals surface area contributed by atoms with Crippen LogP contribution in [0.2, 0.25) is 0 Å². The number of carbonyl (C=O) groups is 1. The van der Waals surface area contributed by atoms with Crippen molar-refractivity contribution in [1.29, 1.82) is 0 Å². The van der Waals surface area contributed by atoms with Crippen LogP contribution in [0, 0.1) is 10.1 Å². The standard InChI is InChI=1S/C14H14BrN5O6S/c15-11-12(17-18-13(11)20(22)23)14(21)16-9-1-3-10(4-2-9)27(24,25)19-5-7-26-8-6-19/h1-4H,5-8H2,(H,16,21)(H,17,18). The summed E-state index contributed by atoms with van der Waals surface area (Å²) < 4.78 is 31.5. The second kappa shape index (κ2) is 7.72. The molecule has 0 unspecified atom stereocenters. The molecular formula is C14H14BrN5O6S. The van der Waals surface area contributed by atoms with E-state index in [4.69, 9.17) is 4.74 Å². The van der Waals surface area contributed by atoms with Crippen molar-refractivity contribution in [3.05, 3.63) is 44.5 Å². The summed E-state index contributed by atoms with van der Waals surface area (Å²) in [5.41, 5.74) is 0.130. The third kappa shape index (κ3) is 4.00. The number of hydrogen-bond donors (Lipinski definition) is 2. The third-order valence-electron chi connectivity index (χ3n) is 3.81. The van der Waals surface area contributed by atoms with Gasteiger partial charge in [0.15, 0.2) is 5.69 Å². The maximum atomic E-state index is 12.6. The highest BCUT2D eigenvalue weighted by molar-refractivity contribution is 9.10. The second-order valence-electron chi connectivity index (χ2n) is 5.49. The summed E-state index contributed by atoms with van der Waals surface area (Å²) in [6.07, 6.45) is 0. The van der Waals surface area contributed by atoms with Crippen LogP contribution in [0.15, 0.2) is 33.6 Å². The van der Waals surface area contributed by atoms with Crippen molar-refractivity contribution in [3.63, 3.8) is 0 Å². The number of hydrogen-bond acceptors (Lipinski definition) is 7. The van der Waals surface area contributed by atoms with E-state index in [-0.39, 0.29) is 28.2 Å². The fourth-order valence-corrected chi connectivity index (χ4v) is 4.34. The van der Waals surface area contributed by atoms with E-state index in [9.17, 15) is 23.3 Å². The van der Waals surface area contributed by atoms with Gasteiger partial charge in [-0.2, -0.15) is 4.31 Å². The monoisotopic (exact) mass is 459 g/mol. The van der Waals surface area contributed by atoms with Gasteiger partial charge in [0.25, 0.3) is 5.91 Å². The maximum Gasteiger partial charge on any atom is 0.357 e. The molecule has 1 amide bonds. The van der Waals surface area contributed by atoms with Crippen LogP contribution < -0.4 is 5.32 Å². The zero-order valence-electron chi connectivity index (χ0n) is 13.7. The fourth-order valence-electron chi connectivity index (χ4n) is 2.43. The predicted molar refractivity (Wildman–Crippen MR) is 96.9 cm³/mol. The number of H-pyrrole nitrogens is 1. The molecule has 3 rings (SSSR count). The number of aromatic amines is 1. The van der Waals surface area contributed by atoms with E-state index in [0.717, 1.165) is 0 Å². The van der Waals surface area contributed by atoms with Crippen LogP contribution in [0.1, 0.15) is 10.5 Å². The van der Waals surface area contributed by atoms with Crippen LogP contribution in [-0.2, 0) is 14.8 Å². The Labute approximate surface area is 162 Å². The maximum absolute atomic E-state index is 12.6. The predicted octanol–water partition coefficient (Wildman–Crippen LogP) is 1.35. The molecule has 0 bridgehead atoms. The van der Waals surface area contributed by atoms with Gasteiger partial charge in [-0.3, -0.25) is 4.79 Å². The molecule has 2 N–H and O–H groups in total. The number of sulfonamides is 1. The molecule has 1 aliphatic rings. The van der Waals surface area contributed by atoms with E-state index in [2.05, 4.69) is 31.4 Å². The number of rotatable bonds is 5. The van der Waals surface area contributed by atoms with Crippen LogP contribution in [-0.4, -0.2) is 60.1 Å². The number of benzene rings is 1. The number of ether oxygens (including phenoxy) is 1. The molecule has 0 atom stereocenters. The van der Waals surface area contributed by atoms with E-state index < -0.39 is 26.7 Å². The summed E-state index contributed by atoms with van der Waals surface area (Å²) >= 11 is 2.96. The molecule has 2 aromatic rings. The van der Waals surface area contributed by atoms with Crippen LogP contribution in [0.3, 0.4) is 0 Å². The Morgan fingerprint density at radius 1 is 1.30 bits per heavy atom. The van der Waals surface area contributed by atoms with Gasteiger partial charge in [0.05, 0.1) is 18.1 Å². The molecule has 0 spiro atoms. The molecule has 0 radical (unpaired) electrons. The SMILES string of the molecule is O=C(Nc1ccc(S(=O)(=O)N2CCOCC2)cc1)c1n[nH]c([N+](=O)[O-])c1Br. The highest BCUT2D eigenvalue weighted by Crippen LogP contribution is 2.26. The van der Waals surface area contributed by atoms with Crippen LogP contribution in [0.25, 0.3) is 0 Å². The number of amides is 1. The summed E-state index contributed by atoms with van der Waals surface area (Å²) in [5.74, 6) is -1.12. The topological polar surface area (TPSA) is 148 Å². The fraction of sp³-hybridized carbons (Fsp3) is 0.286. The quantitative estimate of drug-likeness (QED) is 0.506. The lowest BCUT2D eigenvalue weighted by Gasteiger charge is -2.26. The van der Waals surface area contributed by atoms with E-state index in [1.54, 1.807) is 0 Å². The number of anilines is 1. The van der Waals surface area contributed by atoms with E-state index in [1.807, 2.05) is 0 Å². The van der Waals surface area contributed by atoms with Crippen LogP contribution >= 0.6 is 15.9 Å². The molecule has 0 aliphatic carbocycles. The van der Waals surface area contributed by atoms with E-state index >= 15 is 0 Å². The summed E-state index contributed by atoms with van der Waals surface area (Å²) in [6.45, 7) is 1.26. The average molecular weight is 460 g/mol. The van der Waals surface area contributed by atoms with Crippen molar-refractivity contribution >= 4 is 43.4 Å². The first-order valence-electron chi connectivity index (χ1n) is 7.68. The van der Waals surface area contributed by atoms with Gasteiger partial charge < -0.3 is 20.2 Å². The number of halogens is 1. The molecule has 1 saturated heterocycles. The number of aromatic nitrogens is 2. The van der Waals surface area contributed by atoms with Gasteiger partial charge in [-0.15, -0.1) is 5.10 Å². The first kappa shape index (κ1) is 19.4. The van der Waals surface area contributed by atoms with Crippen molar-refractivity contribution in [2.24, 2.45) is 0 Å². The number of nitrogens with one attached hydrogen (secondary N) is 2. The van der Waals surface area contributed by atoms with Crippen molar-refractivity contribution in [2.45, 2.75) is 4.90 Å². The largest absolute Gasteiger partial charge is 0.379 e. The van der Waals surface area contributed by atoms with Crippen LogP contribution in [0.4, 0.5) is 11.5 Å². The zero-order valence-corrected chi connectivity index (χ0v) is 16.1. The molecule has 11 nitrogen and oxygen atoms in total. The Hall–Kier alpha value is -2.35. The van der Waals surface area contributed by atoms with Crippen LogP contribution in [0.5, 0.6) is 0 Å². The average Bonchev–Trinajstić information content (AvgIpc) is 3.05. The Morgan fingerprint density at radius 2 is 1.93 bits per heavy atom. The van der Waals surface area contributed by atoms with Crippen molar-refractivity contribution in [2.75, 3.05) is 31.6 Å². The lowest BCUT2D eigenvalue weighted by Crippen LogP contribution is -2.40. The Balaban J connectivity index is 1.74. The Kier molecular flexibility index (Phi) is 5.55. The van der Waals surface area contributed by atoms with Gasteiger partial charge in [-0.05, 0) is 45.1 Å². The van der Waals surface area contributed by atoms with Gasteiger partial charge in [-0.25, -0.2) is 8.42 Å². The molecule has 0 saturated carbocycles. The van der Waals surface area contributed by atoms with Gasteiger partial charge in [0.2, 0.25) is 10.0 Å². The van der Waals surface area contributed by atoms with Gasteiger partial charge in [0, 0.05) is 18.8 Å². The molecule has 2 heterocycles. The zero-order chi connectivity index (χ0) is 19.6. The number of morpholine rings is 1. The molecule has 1 aliphatic heterocycles. The molecule has 27 heavy (non-hydrogen) atoms. The molecular weight excluding hydrogens is 446 g/mol. The Bertz CT molecular complexity index is 968. The summed E-state index contributed by atoms with van der Waals surface area (Å²) in [6, 6.07) is 5.62. The summed E-state index contributed by atoms with van der Waals surface area (Å²) in [4.78, 5) is 22.4. The number of carbonyl (C=O) groups excluding carboxylic acids is 1. The first-order valence-corrected chi connectivity index (χ1v) is 9.91. The highest BCUT2D eigenvalue weighted by atomic mass is 79.9. The van der Waals surface area contributed by atoms with Gasteiger partial charge >= 0.3 is 5.82 Å². The lowest BCUT2D eigenvalue weighted by atomic mass is 10.3. The molecule has 144 valence electrons. The van der Waals surface area contributed by atoms with E-state index in [0.29, 0.717) is 18.9 Å². The van der Waals surface area contributed by atoms with E-state index in [1.165, 1.54) is 28.6 Å². The van der Waals surface area contributed by atoms with Crippen molar-refractivity contribution in [3.8, 4) is 0 Å². The second-order valence-corrected chi connectivity index (χ2v) is 8.22. The third-order valence-corrected chi connectivity index (χ3v) is 6.47. The summed E-state index contributed by atoms with van der Waals surface area (Å²) in [7, 11) is -3.63. The number of nitrogens with zero attached hydrogens (tertiary/aromatic N) is 3. The van der Waals surface area contributed by atoms with Crippen molar-refractivity contribution < 1.29 is 22.9 Å². The molecule has 1 fully saturated rings. The summed E-state index contributed by atoms with van der Waals surface area (Å²) in [5, 5.41) is 19.1. The lowest BCUT2D eigenvalue weighted by molar-refractivity contribution is -0.390. The van der Waals surface area contributed by atoms with Gasteiger partial charge in [0.1, 0.15) is 4.47 Å². The molecule has 1 aromatic carbocycles. The highest BCUT2D eigenvalue weighted by Gasteiger charge is 2.27.